The molecule has 1 aromatic heterocycles. The lowest BCUT2D eigenvalue weighted by molar-refractivity contribution is 0.164. The standard InChI is InChI=1S/C20H26ClN3O3S/c1-23(13-10-17-6-3-4-11-22-17)18-7-5-12-24(15-18)28(25,26)20-14-16(21)8-9-19(20)27-2/h3-4,6,8-9,11,14,18H,5,7,10,12-13,15H2,1-2H3. The molecule has 1 unspecified atom stereocenters. The highest BCUT2D eigenvalue weighted by atomic mass is 35.5. The van der Waals surface area contributed by atoms with Gasteiger partial charge in [0.25, 0.3) is 0 Å². The van der Waals surface area contributed by atoms with E-state index in [1.807, 2.05) is 25.2 Å². The van der Waals surface area contributed by atoms with Crippen molar-refractivity contribution in [1.82, 2.24) is 14.2 Å². The van der Waals surface area contributed by atoms with Crippen LogP contribution in [0.4, 0.5) is 0 Å². The average molecular weight is 424 g/mol. The molecule has 1 aliphatic heterocycles. The summed E-state index contributed by atoms with van der Waals surface area (Å²) in [6.07, 6.45) is 4.42. The number of halogens is 1. The number of methoxy groups -OCH3 is 1. The molecule has 1 fully saturated rings. The molecule has 0 saturated carbocycles. The van der Waals surface area contributed by atoms with Crippen LogP contribution < -0.4 is 4.74 Å². The van der Waals surface area contributed by atoms with Crippen LogP contribution >= 0.6 is 11.6 Å². The molecule has 1 aromatic carbocycles. The van der Waals surface area contributed by atoms with E-state index in [4.69, 9.17) is 16.3 Å². The van der Waals surface area contributed by atoms with Crippen LogP contribution in [-0.4, -0.2) is 62.4 Å². The molecule has 1 aliphatic rings. The zero-order valence-corrected chi connectivity index (χ0v) is 17.8. The molecule has 0 radical (unpaired) electrons. The third-order valence-electron chi connectivity index (χ3n) is 5.17. The van der Waals surface area contributed by atoms with Crippen LogP contribution in [0, 0.1) is 0 Å². The maximum Gasteiger partial charge on any atom is 0.246 e. The van der Waals surface area contributed by atoms with Gasteiger partial charge in [-0.05, 0) is 50.2 Å². The molecule has 28 heavy (non-hydrogen) atoms. The lowest BCUT2D eigenvalue weighted by atomic mass is 10.1. The molecule has 2 heterocycles. The van der Waals surface area contributed by atoms with E-state index in [-0.39, 0.29) is 10.9 Å². The van der Waals surface area contributed by atoms with Crippen LogP contribution in [-0.2, 0) is 16.4 Å². The van der Waals surface area contributed by atoms with Crippen LogP contribution in [0.15, 0.2) is 47.5 Å². The molecule has 0 amide bonds. The molecule has 0 N–H and O–H groups in total. The number of pyridine rings is 1. The van der Waals surface area contributed by atoms with Crippen molar-refractivity contribution in [1.29, 1.82) is 0 Å². The molecule has 0 spiro atoms. The fraction of sp³-hybridized carbons (Fsp3) is 0.450. The van der Waals surface area contributed by atoms with Gasteiger partial charge in [-0.25, -0.2) is 8.42 Å². The molecular weight excluding hydrogens is 398 g/mol. The number of hydrogen-bond acceptors (Lipinski definition) is 5. The maximum atomic E-state index is 13.2. The van der Waals surface area contributed by atoms with E-state index in [9.17, 15) is 8.42 Å². The topological polar surface area (TPSA) is 62.7 Å². The number of hydrogen-bond donors (Lipinski definition) is 0. The lowest BCUT2D eigenvalue weighted by Gasteiger charge is -2.37. The second-order valence-electron chi connectivity index (χ2n) is 7.01. The SMILES string of the molecule is COc1ccc(Cl)cc1S(=O)(=O)N1CCCC(N(C)CCc2ccccn2)C1. The van der Waals surface area contributed by atoms with Gasteiger partial charge in [0.1, 0.15) is 10.6 Å². The van der Waals surface area contributed by atoms with E-state index in [1.165, 1.54) is 13.2 Å². The summed E-state index contributed by atoms with van der Waals surface area (Å²) >= 11 is 6.04. The fourth-order valence-corrected chi connectivity index (χ4v) is 5.44. The summed E-state index contributed by atoms with van der Waals surface area (Å²) in [6.45, 7) is 1.79. The van der Waals surface area contributed by atoms with Crippen molar-refractivity contribution in [2.24, 2.45) is 0 Å². The largest absolute Gasteiger partial charge is 0.495 e. The Bertz CT molecular complexity index is 893. The number of ether oxygens (including phenoxy) is 1. The number of benzene rings is 1. The summed E-state index contributed by atoms with van der Waals surface area (Å²) in [6, 6.07) is 10.7. The van der Waals surface area contributed by atoms with Crippen molar-refractivity contribution in [3.63, 3.8) is 0 Å². The highest BCUT2D eigenvalue weighted by molar-refractivity contribution is 7.89. The number of likely N-dealkylation sites (N-methyl/N-ethyl adjacent to an activating group) is 1. The Labute approximate surface area is 172 Å². The summed E-state index contributed by atoms with van der Waals surface area (Å²) < 4.78 is 33.3. The summed E-state index contributed by atoms with van der Waals surface area (Å²) in [5.74, 6) is 0.315. The van der Waals surface area contributed by atoms with Gasteiger partial charge in [-0.15, -0.1) is 0 Å². The Balaban J connectivity index is 1.71. The first-order valence-electron chi connectivity index (χ1n) is 9.35. The molecule has 1 atom stereocenters. The Morgan fingerprint density at radius 3 is 2.86 bits per heavy atom. The highest BCUT2D eigenvalue weighted by Crippen LogP contribution is 2.31. The van der Waals surface area contributed by atoms with Crippen molar-refractivity contribution in [3.05, 3.63) is 53.3 Å². The number of aromatic nitrogens is 1. The van der Waals surface area contributed by atoms with Crippen LogP contribution in [0.2, 0.25) is 5.02 Å². The van der Waals surface area contributed by atoms with E-state index in [1.54, 1.807) is 22.6 Å². The van der Waals surface area contributed by atoms with Gasteiger partial charge in [-0.2, -0.15) is 4.31 Å². The first-order chi connectivity index (χ1) is 13.4. The number of sulfonamides is 1. The number of piperidine rings is 1. The number of rotatable bonds is 7. The third kappa shape index (κ3) is 4.84. The van der Waals surface area contributed by atoms with E-state index < -0.39 is 10.0 Å². The monoisotopic (exact) mass is 423 g/mol. The molecule has 1 saturated heterocycles. The van der Waals surface area contributed by atoms with Gasteiger partial charge >= 0.3 is 0 Å². The summed E-state index contributed by atoms with van der Waals surface area (Å²) in [5, 5.41) is 0.375. The molecule has 8 heteroatoms. The van der Waals surface area contributed by atoms with Gasteiger partial charge in [0, 0.05) is 49.0 Å². The normalized spacial score (nSPS) is 18.4. The predicted octanol–water partition coefficient (Wildman–Crippen LogP) is 3.07. The van der Waals surface area contributed by atoms with Crippen LogP contribution in [0.25, 0.3) is 0 Å². The molecule has 0 bridgehead atoms. The van der Waals surface area contributed by atoms with E-state index in [0.29, 0.717) is 23.9 Å². The minimum Gasteiger partial charge on any atom is -0.495 e. The molecule has 0 aliphatic carbocycles. The predicted molar refractivity (Wildman–Crippen MR) is 110 cm³/mol. The van der Waals surface area contributed by atoms with Gasteiger partial charge < -0.3 is 9.64 Å². The Kier molecular flexibility index (Phi) is 6.93. The zero-order chi connectivity index (χ0) is 20.1. The van der Waals surface area contributed by atoms with Gasteiger partial charge in [0.2, 0.25) is 10.0 Å². The first-order valence-corrected chi connectivity index (χ1v) is 11.2. The van der Waals surface area contributed by atoms with Crippen molar-refractivity contribution in [3.8, 4) is 5.75 Å². The first kappa shape index (κ1) is 21.0. The summed E-state index contributed by atoms with van der Waals surface area (Å²) in [4.78, 5) is 6.71. The van der Waals surface area contributed by atoms with E-state index in [2.05, 4.69) is 9.88 Å². The van der Waals surface area contributed by atoms with E-state index >= 15 is 0 Å². The minimum atomic E-state index is -3.68. The minimum absolute atomic E-state index is 0.124. The Morgan fingerprint density at radius 2 is 2.14 bits per heavy atom. The van der Waals surface area contributed by atoms with Gasteiger partial charge in [0.15, 0.2) is 0 Å². The van der Waals surface area contributed by atoms with Crippen molar-refractivity contribution in [2.75, 3.05) is 33.8 Å². The van der Waals surface area contributed by atoms with Gasteiger partial charge in [-0.3, -0.25) is 4.98 Å². The van der Waals surface area contributed by atoms with Crippen LogP contribution in [0.5, 0.6) is 5.75 Å². The van der Waals surface area contributed by atoms with Crippen LogP contribution in [0.1, 0.15) is 18.5 Å². The molecule has 2 aromatic rings. The molecular formula is C20H26ClN3O3S. The fourth-order valence-electron chi connectivity index (χ4n) is 3.51. The Morgan fingerprint density at radius 1 is 1.32 bits per heavy atom. The molecule has 6 nitrogen and oxygen atoms in total. The van der Waals surface area contributed by atoms with Crippen molar-refractivity contribution in [2.45, 2.75) is 30.2 Å². The van der Waals surface area contributed by atoms with Crippen molar-refractivity contribution < 1.29 is 13.2 Å². The summed E-state index contributed by atoms with van der Waals surface area (Å²) in [7, 11) is -0.166. The second-order valence-corrected chi connectivity index (χ2v) is 9.35. The van der Waals surface area contributed by atoms with Gasteiger partial charge in [0.05, 0.1) is 7.11 Å². The highest BCUT2D eigenvalue weighted by Gasteiger charge is 2.33. The number of nitrogens with zero attached hydrogens (tertiary/aromatic N) is 3. The smallest absolute Gasteiger partial charge is 0.246 e. The third-order valence-corrected chi connectivity index (χ3v) is 7.29. The lowest BCUT2D eigenvalue weighted by Crippen LogP contribution is -2.49. The Hall–Kier alpha value is -1.67. The van der Waals surface area contributed by atoms with Crippen LogP contribution in [0.3, 0.4) is 0 Å². The zero-order valence-electron chi connectivity index (χ0n) is 16.2. The van der Waals surface area contributed by atoms with Gasteiger partial charge in [-0.1, -0.05) is 17.7 Å². The average Bonchev–Trinajstić information content (AvgIpc) is 2.72. The molecule has 152 valence electrons. The molecule has 3 rings (SSSR count). The second kappa shape index (κ2) is 9.22. The quantitative estimate of drug-likeness (QED) is 0.684. The maximum absolute atomic E-state index is 13.2. The van der Waals surface area contributed by atoms with E-state index in [0.717, 1.165) is 31.5 Å². The van der Waals surface area contributed by atoms with Crippen molar-refractivity contribution >= 4 is 21.6 Å². The summed E-state index contributed by atoms with van der Waals surface area (Å²) in [5.41, 5.74) is 1.04.